The summed E-state index contributed by atoms with van der Waals surface area (Å²) in [5.41, 5.74) is 0.674. The van der Waals surface area contributed by atoms with Crippen molar-refractivity contribution in [3.05, 3.63) is 29.8 Å². The Morgan fingerprint density at radius 2 is 1.94 bits per heavy atom. The molecule has 1 unspecified atom stereocenters. The fourth-order valence-electron chi connectivity index (χ4n) is 1.31. The number of nitrogens with one attached hydrogen (secondary N) is 2. The first-order valence-corrected chi connectivity index (χ1v) is 5.23. The molecule has 0 radical (unpaired) electrons. The lowest BCUT2D eigenvalue weighted by Crippen LogP contribution is -2.40. The van der Waals surface area contributed by atoms with Crippen LogP contribution in [0.15, 0.2) is 24.3 Å². The highest BCUT2D eigenvalue weighted by Crippen LogP contribution is 2.18. The van der Waals surface area contributed by atoms with Crippen LogP contribution in [-0.4, -0.2) is 30.5 Å². The van der Waals surface area contributed by atoms with Gasteiger partial charge in [0.25, 0.3) is 0 Å². The number of phenolic OH excluding ortho intramolecular Hbond substituents is 1. The van der Waals surface area contributed by atoms with Gasteiger partial charge in [0.1, 0.15) is 11.9 Å². The van der Waals surface area contributed by atoms with Crippen LogP contribution in [0.2, 0.25) is 0 Å². The van der Waals surface area contributed by atoms with Gasteiger partial charge in [-0.05, 0) is 17.7 Å². The van der Waals surface area contributed by atoms with E-state index in [0.717, 1.165) is 0 Å². The average Bonchev–Trinajstić information content (AvgIpc) is 2.40. The Morgan fingerprint density at radius 3 is 2.44 bits per heavy atom. The lowest BCUT2D eigenvalue weighted by Gasteiger charge is -2.15. The predicted molar refractivity (Wildman–Crippen MR) is 63.2 cm³/mol. The van der Waals surface area contributed by atoms with Gasteiger partial charge in [0.2, 0.25) is 0 Å². The van der Waals surface area contributed by atoms with Crippen LogP contribution in [0, 0.1) is 0 Å². The normalized spacial score (nSPS) is 11.7. The summed E-state index contributed by atoms with van der Waals surface area (Å²) in [6.45, 7) is 0.0491. The highest BCUT2D eigenvalue weighted by molar-refractivity contribution is 6.35. The Kier molecular flexibility index (Phi) is 5.09. The number of hydrogen-bond donors (Lipinski definition) is 4. The summed E-state index contributed by atoms with van der Waals surface area (Å²) in [5, 5.41) is 13.7. The van der Waals surface area contributed by atoms with Crippen molar-refractivity contribution in [3.63, 3.8) is 0 Å². The number of carbonyl (C=O) groups excluding carboxylic acids is 2. The van der Waals surface area contributed by atoms with Gasteiger partial charge in [0, 0.05) is 7.05 Å². The third kappa shape index (κ3) is 3.72. The highest BCUT2D eigenvalue weighted by Gasteiger charge is 2.16. The Balaban J connectivity index is 2.60. The fourth-order valence-corrected chi connectivity index (χ4v) is 1.31. The Morgan fingerprint density at radius 1 is 1.33 bits per heavy atom. The zero-order chi connectivity index (χ0) is 13.5. The molecule has 0 aliphatic rings. The van der Waals surface area contributed by atoms with Gasteiger partial charge in [0.05, 0.1) is 6.54 Å². The summed E-state index contributed by atoms with van der Waals surface area (Å²) < 4.78 is 0. The van der Waals surface area contributed by atoms with Crippen molar-refractivity contribution in [3.8, 4) is 5.75 Å². The van der Waals surface area contributed by atoms with E-state index in [9.17, 15) is 9.59 Å². The number of benzene rings is 1. The van der Waals surface area contributed by atoms with Crippen LogP contribution in [0.4, 0.5) is 0 Å². The summed E-state index contributed by atoms with van der Waals surface area (Å²) in [5.74, 6) is 3.73. The zero-order valence-electron chi connectivity index (χ0n) is 9.84. The maximum absolute atomic E-state index is 11.2. The van der Waals surface area contributed by atoms with Crippen molar-refractivity contribution in [1.82, 2.24) is 10.6 Å². The SMILES string of the molecule is CNC(=O)C(=O)NCC(ON)c1ccc(O)cc1. The van der Waals surface area contributed by atoms with E-state index in [1.807, 2.05) is 0 Å². The third-order valence-corrected chi connectivity index (χ3v) is 2.31. The van der Waals surface area contributed by atoms with Crippen molar-refractivity contribution in [1.29, 1.82) is 0 Å². The van der Waals surface area contributed by atoms with Crippen LogP contribution < -0.4 is 16.5 Å². The van der Waals surface area contributed by atoms with E-state index in [2.05, 4.69) is 10.6 Å². The molecule has 18 heavy (non-hydrogen) atoms. The largest absolute Gasteiger partial charge is 0.508 e. The van der Waals surface area contributed by atoms with Gasteiger partial charge < -0.3 is 15.7 Å². The molecular formula is C11H15N3O4. The molecule has 0 aliphatic heterocycles. The highest BCUT2D eigenvalue weighted by atomic mass is 16.6. The van der Waals surface area contributed by atoms with Crippen LogP contribution in [0.1, 0.15) is 11.7 Å². The molecule has 0 aromatic heterocycles. The molecule has 1 aromatic carbocycles. The van der Waals surface area contributed by atoms with E-state index in [0.29, 0.717) is 5.56 Å². The quantitative estimate of drug-likeness (QED) is 0.414. The fraction of sp³-hybridized carbons (Fsp3) is 0.273. The lowest BCUT2D eigenvalue weighted by atomic mass is 10.1. The first-order chi connectivity index (χ1) is 8.58. The van der Waals surface area contributed by atoms with E-state index >= 15 is 0 Å². The average molecular weight is 253 g/mol. The molecule has 0 bridgehead atoms. The molecular weight excluding hydrogens is 238 g/mol. The number of likely N-dealkylation sites (N-methyl/N-ethyl adjacent to an activating group) is 1. The number of hydrogen-bond acceptors (Lipinski definition) is 5. The second-order valence-electron chi connectivity index (χ2n) is 3.51. The van der Waals surface area contributed by atoms with E-state index in [1.165, 1.54) is 19.2 Å². The second-order valence-corrected chi connectivity index (χ2v) is 3.51. The molecule has 98 valence electrons. The summed E-state index contributed by atoms with van der Waals surface area (Å²) in [6, 6.07) is 6.17. The van der Waals surface area contributed by atoms with Crippen molar-refractivity contribution >= 4 is 11.8 Å². The molecule has 0 saturated carbocycles. The van der Waals surface area contributed by atoms with Gasteiger partial charge in [0.15, 0.2) is 0 Å². The number of rotatable bonds is 4. The molecule has 0 fully saturated rings. The minimum Gasteiger partial charge on any atom is -0.508 e. The van der Waals surface area contributed by atoms with Crippen molar-refractivity contribution in [2.45, 2.75) is 6.10 Å². The molecule has 2 amide bonds. The monoisotopic (exact) mass is 253 g/mol. The van der Waals surface area contributed by atoms with Gasteiger partial charge in [-0.2, -0.15) is 0 Å². The molecule has 0 heterocycles. The molecule has 0 spiro atoms. The van der Waals surface area contributed by atoms with Crippen LogP contribution in [0.25, 0.3) is 0 Å². The molecule has 1 aromatic rings. The number of carbonyl (C=O) groups is 2. The maximum Gasteiger partial charge on any atom is 0.309 e. The third-order valence-electron chi connectivity index (χ3n) is 2.31. The Hall–Kier alpha value is -2.12. The number of amides is 2. The summed E-state index contributed by atoms with van der Waals surface area (Å²) in [7, 11) is 1.36. The van der Waals surface area contributed by atoms with Gasteiger partial charge in [-0.3, -0.25) is 14.4 Å². The zero-order valence-corrected chi connectivity index (χ0v) is 9.84. The second kappa shape index (κ2) is 6.58. The summed E-state index contributed by atoms with van der Waals surface area (Å²) >= 11 is 0. The van der Waals surface area contributed by atoms with E-state index < -0.39 is 17.9 Å². The van der Waals surface area contributed by atoms with Crippen LogP contribution in [-0.2, 0) is 14.4 Å². The Labute approximate surface area is 104 Å². The summed E-state index contributed by atoms with van der Waals surface area (Å²) in [6.07, 6.45) is -0.598. The minimum absolute atomic E-state index is 0.0491. The van der Waals surface area contributed by atoms with Crippen molar-refractivity contribution in [2.75, 3.05) is 13.6 Å². The topological polar surface area (TPSA) is 114 Å². The number of aromatic hydroxyl groups is 1. The molecule has 0 aliphatic carbocycles. The van der Waals surface area contributed by atoms with Crippen LogP contribution >= 0.6 is 0 Å². The first-order valence-electron chi connectivity index (χ1n) is 5.23. The van der Waals surface area contributed by atoms with Gasteiger partial charge >= 0.3 is 11.8 Å². The van der Waals surface area contributed by atoms with E-state index in [-0.39, 0.29) is 12.3 Å². The summed E-state index contributed by atoms with van der Waals surface area (Å²) in [4.78, 5) is 26.9. The smallest absolute Gasteiger partial charge is 0.309 e. The van der Waals surface area contributed by atoms with Gasteiger partial charge in [-0.25, -0.2) is 5.90 Å². The molecule has 1 rings (SSSR count). The number of nitrogens with two attached hydrogens (primary N) is 1. The molecule has 7 heteroatoms. The lowest BCUT2D eigenvalue weighted by molar-refractivity contribution is -0.139. The molecule has 5 N–H and O–H groups in total. The molecule has 1 atom stereocenters. The van der Waals surface area contributed by atoms with Gasteiger partial charge in [-0.1, -0.05) is 12.1 Å². The molecule has 7 nitrogen and oxygen atoms in total. The maximum atomic E-state index is 11.2. The van der Waals surface area contributed by atoms with Crippen LogP contribution in [0.5, 0.6) is 5.75 Å². The minimum atomic E-state index is -0.765. The molecule has 0 saturated heterocycles. The predicted octanol–water partition coefficient (Wildman–Crippen LogP) is -0.814. The first kappa shape index (κ1) is 13.9. The van der Waals surface area contributed by atoms with E-state index in [1.54, 1.807) is 12.1 Å². The van der Waals surface area contributed by atoms with Gasteiger partial charge in [-0.15, -0.1) is 0 Å². The van der Waals surface area contributed by atoms with Crippen molar-refractivity contribution in [2.24, 2.45) is 5.90 Å². The number of phenols is 1. The van der Waals surface area contributed by atoms with E-state index in [4.69, 9.17) is 15.8 Å². The standard InChI is InChI=1S/C11H15N3O4/c1-13-10(16)11(17)14-6-9(18-12)7-2-4-8(15)5-3-7/h2-5,9,15H,6,12H2,1H3,(H,13,16)(H,14,17). The van der Waals surface area contributed by atoms with Crippen LogP contribution in [0.3, 0.4) is 0 Å². The Bertz CT molecular complexity index is 419. The van der Waals surface area contributed by atoms with Crippen molar-refractivity contribution < 1.29 is 19.5 Å².